The topological polar surface area (TPSA) is 58.3 Å². The third-order valence-electron chi connectivity index (χ3n) is 3.74. The molecule has 0 aliphatic carbocycles. The minimum Gasteiger partial charge on any atom is -0.459 e. The number of nitrogens with zero attached hydrogens (tertiary/aromatic N) is 1. The third kappa shape index (κ3) is 3.90. The molecule has 2 aromatic heterocycles. The van der Waals surface area contributed by atoms with Crippen molar-refractivity contribution >= 4 is 11.3 Å². The quantitative estimate of drug-likeness (QED) is 0.712. The van der Waals surface area contributed by atoms with E-state index in [1.807, 2.05) is 19.1 Å². The summed E-state index contributed by atoms with van der Waals surface area (Å²) >= 11 is 1.55. The van der Waals surface area contributed by atoms with Crippen molar-refractivity contribution < 1.29 is 13.9 Å². The molecular formula is C18H19FN2O2S. The van der Waals surface area contributed by atoms with E-state index >= 15 is 0 Å². The summed E-state index contributed by atoms with van der Waals surface area (Å²) in [7, 11) is 0. The lowest BCUT2D eigenvalue weighted by atomic mass is 9.96. The van der Waals surface area contributed by atoms with Gasteiger partial charge in [0, 0.05) is 24.2 Å². The van der Waals surface area contributed by atoms with Gasteiger partial charge in [-0.3, -0.25) is 0 Å². The molecule has 0 spiro atoms. The zero-order valence-corrected chi connectivity index (χ0v) is 14.4. The van der Waals surface area contributed by atoms with Crippen molar-refractivity contribution in [1.82, 2.24) is 10.3 Å². The van der Waals surface area contributed by atoms with Gasteiger partial charge in [-0.25, -0.2) is 9.37 Å². The molecule has 2 N–H and O–H groups in total. The van der Waals surface area contributed by atoms with Crippen molar-refractivity contribution in [3.8, 4) is 10.8 Å². The van der Waals surface area contributed by atoms with Crippen molar-refractivity contribution in [3.63, 3.8) is 0 Å². The van der Waals surface area contributed by atoms with E-state index in [-0.39, 0.29) is 5.82 Å². The second-order valence-electron chi connectivity index (χ2n) is 5.93. The Hall–Kier alpha value is -2.02. The second kappa shape index (κ2) is 6.84. The Labute approximate surface area is 144 Å². The van der Waals surface area contributed by atoms with Gasteiger partial charge in [0.05, 0.1) is 5.60 Å². The molecule has 0 amide bonds. The summed E-state index contributed by atoms with van der Waals surface area (Å²) in [5.74, 6) is 1.31. The van der Waals surface area contributed by atoms with E-state index in [4.69, 9.17) is 4.42 Å². The third-order valence-corrected chi connectivity index (χ3v) is 4.75. The number of thiazole rings is 1. The van der Waals surface area contributed by atoms with Crippen LogP contribution in [0.15, 0.2) is 47.0 Å². The molecule has 0 aliphatic rings. The Kier molecular flexibility index (Phi) is 4.80. The lowest BCUT2D eigenvalue weighted by Crippen LogP contribution is -2.35. The molecule has 3 rings (SSSR count). The molecule has 6 heteroatoms. The maximum atomic E-state index is 13.0. The summed E-state index contributed by atoms with van der Waals surface area (Å²) in [6.45, 7) is 4.55. The summed E-state index contributed by atoms with van der Waals surface area (Å²) < 4.78 is 18.5. The normalized spacial score (nSPS) is 13.8. The van der Waals surface area contributed by atoms with E-state index in [0.717, 1.165) is 21.4 Å². The van der Waals surface area contributed by atoms with Gasteiger partial charge in [0.15, 0.2) is 10.8 Å². The number of benzene rings is 1. The predicted molar refractivity (Wildman–Crippen MR) is 92.2 cm³/mol. The fraction of sp³-hybridized carbons (Fsp3) is 0.278. The zero-order chi connectivity index (χ0) is 17.2. The van der Waals surface area contributed by atoms with Crippen LogP contribution in [0.3, 0.4) is 0 Å². The van der Waals surface area contributed by atoms with Crippen LogP contribution in [0.4, 0.5) is 4.39 Å². The standard InChI is InChI=1S/C18H19FN2O2S/c1-12-3-8-16(23-12)17-21-10-15(24-17)9-20-11-18(2,22)13-4-6-14(19)7-5-13/h3-8,10,20,22H,9,11H2,1-2H3. The van der Waals surface area contributed by atoms with Gasteiger partial charge in [-0.05, 0) is 43.7 Å². The minimum atomic E-state index is -1.07. The fourth-order valence-electron chi connectivity index (χ4n) is 2.39. The molecule has 0 saturated heterocycles. The van der Waals surface area contributed by atoms with Gasteiger partial charge < -0.3 is 14.8 Å². The smallest absolute Gasteiger partial charge is 0.162 e. The van der Waals surface area contributed by atoms with Crippen LogP contribution >= 0.6 is 11.3 Å². The average Bonchev–Trinajstić information content (AvgIpc) is 3.16. The van der Waals surface area contributed by atoms with Gasteiger partial charge in [-0.2, -0.15) is 0 Å². The van der Waals surface area contributed by atoms with Crippen LogP contribution in [0.25, 0.3) is 10.8 Å². The largest absolute Gasteiger partial charge is 0.459 e. The SMILES string of the molecule is Cc1ccc(-c2ncc(CNCC(C)(O)c3ccc(F)cc3)s2)o1. The second-order valence-corrected chi connectivity index (χ2v) is 7.04. The summed E-state index contributed by atoms with van der Waals surface area (Å²) in [4.78, 5) is 5.41. The molecule has 0 saturated carbocycles. The maximum Gasteiger partial charge on any atom is 0.162 e. The van der Waals surface area contributed by atoms with Crippen LogP contribution in [0.2, 0.25) is 0 Å². The number of aryl methyl sites for hydroxylation is 1. The first kappa shape index (κ1) is 16.8. The molecule has 2 heterocycles. The number of hydrogen-bond acceptors (Lipinski definition) is 5. The molecule has 24 heavy (non-hydrogen) atoms. The molecule has 0 radical (unpaired) electrons. The van der Waals surface area contributed by atoms with Gasteiger partial charge in [-0.15, -0.1) is 11.3 Å². The summed E-state index contributed by atoms with van der Waals surface area (Å²) in [6.07, 6.45) is 1.80. The highest BCUT2D eigenvalue weighted by atomic mass is 32.1. The number of rotatable bonds is 6. The summed E-state index contributed by atoms with van der Waals surface area (Å²) in [6, 6.07) is 9.72. The number of hydrogen-bond donors (Lipinski definition) is 2. The Bertz CT molecular complexity index is 809. The minimum absolute atomic E-state index is 0.312. The highest BCUT2D eigenvalue weighted by Gasteiger charge is 2.22. The van der Waals surface area contributed by atoms with Crippen molar-refractivity contribution in [1.29, 1.82) is 0 Å². The fourth-order valence-corrected chi connectivity index (χ4v) is 3.24. The first-order valence-electron chi connectivity index (χ1n) is 7.65. The van der Waals surface area contributed by atoms with Crippen LogP contribution in [0.5, 0.6) is 0 Å². The lowest BCUT2D eigenvalue weighted by Gasteiger charge is -2.24. The molecule has 1 atom stereocenters. The first-order chi connectivity index (χ1) is 11.4. The van der Waals surface area contributed by atoms with Gasteiger partial charge in [-0.1, -0.05) is 12.1 Å². The van der Waals surface area contributed by atoms with E-state index in [1.54, 1.807) is 36.6 Å². The van der Waals surface area contributed by atoms with E-state index in [2.05, 4.69) is 10.3 Å². The molecular weight excluding hydrogens is 327 g/mol. The van der Waals surface area contributed by atoms with Crippen LogP contribution in [-0.4, -0.2) is 16.6 Å². The highest BCUT2D eigenvalue weighted by molar-refractivity contribution is 7.14. The van der Waals surface area contributed by atoms with Crippen LogP contribution in [0.1, 0.15) is 23.1 Å². The molecule has 4 nitrogen and oxygen atoms in total. The van der Waals surface area contributed by atoms with Gasteiger partial charge >= 0.3 is 0 Å². The van der Waals surface area contributed by atoms with E-state index < -0.39 is 5.60 Å². The summed E-state index contributed by atoms with van der Waals surface area (Å²) in [5.41, 5.74) is -0.397. The van der Waals surface area contributed by atoms with Crippen molar-refractivity contribution in [2.75, 3.05) is 6.54 Å². The lowest BCUT2D eigenvalue weighted by molar-refractivity contribution is 0.0567. The van der Waals surface area contributed by atoms with Crippen LogP contribution in [0, 0.1) is 12.7 Å². The molecule has 0 bridgehead atoms. The first-order valence-corrected chi connectivity index (χ1v) is 8.46. The van der Waals surface area contributed by atoms with Crippen molar-refractivity contribution in [3.05, 3.63) is 64.6 Å². The van der Waals surface area contributed by atoms with Crippen molar-refractivity contribution in [2.24, 2.45) is 0 Å². The molecule has 1 unspecified atom stereocenters. The zero-order valence-electron chi connectivity index (χ0n) is 13.5. The Morgan fingerprint density at radius 3 is 2.67 bits per heavy atom. The molecule has 3 aromatic rings. The van der Waals surface area contributed by atoms with Gasteiger partial charge in [0.2, 0.25) is 0 Å². The number of nitrogens with one attached hydrogen (secondary N) is 1. The van der Waals surface area contributed by atoms with E-state index in [1.165, 1.54) is 12.1 Å². The Morgan fingerprint density at radius 2 is 2.00 bits per heavy atom. The number of aromatic nitrogens is 1. The molecule has 0 fully saturated rings. The van der Waals surface area contributed by atoms with Crippen LogP contribution in [-0.2, 0) is 12.1 Å². The predicted octanol–water partition coefficient (Wildman–Crippen LogP) is 3.85. The monoisotopic (exact) mass is 346 g/mol. The number of halogens is 1. The van der Waals surface area contributed by atoms with Gasteiger partial charge in [0.25, 0.3) is 0 Å². The summed E-state index contributed by atoms with van der Waals surface area (Å²) in [5, 5.41) is 14.6. The molecule has 126 valence electrons. The molecule has 1 aromatic carbocycles. The number of aliphatic hydroxyl groups is 1. The van der Waals surface area contributed by atoms with Crippen molar-refractivity contribution in [2.45, 2.75) is 26.0 Å². The Morgan fingerprint density at radius 1 is 1.25 bits per heavy atom. The average molecular weight is 346 g/mol. The van der Waals surface area contributed by atoms with E-state index in [9.17, 15) is 9.50 Å². The van der Waals surface area contributed by atoms with Crippen LogP contribution < -0.4 is 5.32 Å². The van der Waals surface area contributed by atoms with Gasteiger partial charge in [0.1, 0.15) is 11.6 Å². The number of furan rings is 1. The maximum absolute atomic E-state index is 13.0. The van der Waals surface area contributed by atoms with E-state index in [0.29, 0.717) is 18.7 Å². The highest BCUT2D eigenvalue weighted by Crippen LogP contribution is 2.27. The Balaban J connectivity index is 1.58. The molecule has 0 aliphatic heterocycles.